The minimum absolute atomic E-state index is 0.0249. The van der Waals surface area contributed by atoms with Crippen LogP contribution in [0.3, 0.4) is 0 Å². The number of carbonyl (C=O) groups excluding carboxylic acids is 2. The Balaban J connectivity index is 1.19. The van der Waals surface area contributed by atoms with Crippen LogP contribution in [0.15, 0.2) is 54.6 Å². The van der Waals surface area contributed by atoms with Gasteiger partial charge in [-0.1, -0.05) is 53.3 Å². The fourth-order valence-electron chi connectivity index (χ4n) is 3.26. The van der Waals surface area contributed by atoms with Crippen molar-refractivity contribution in [3.05, 3.63) is 59.6 Å². The molecule has 1 N–H and O–H groups in total. The molecule has 32 heavy (non-hydrogen) atoms. The van der Waals surface area contributed by atoms with E-state index in [-0.39, 0.29) is 25.0 Å². The number of nitrogens with zero attached hydrogens (tertiary/aromatic N) is 4. The summed E-state index contributed by atoms with van der Waals surface area (Å²) < 4.78 is 5.53. The molecule has 1 saturated heterocycles. The topological polar surface area (TPSA) is 87.7 Å². The third-order valence-electron chi connectivity index (χ3n) is 4.96. The number of benzene rings is 2. The third kappa shape index (κ3) is 6.03. The second kappa shape index (κ2) is 10.5. The normalized spacial score (nSPS) is 14.2. The number of amides is 2. The Kier molecular flexibility index (Phi) is 7.31. The van der Waals surface area contributed by atoms with Crippen molar-refractivity contribution < 1.29 is 14.3 Å². The van der Waals surface area contributed by atoms with Crippen molar-refractivity contribution in [2.24, 2.45) is 0 Å². The second-order valence-electron chi connectivity index (χ2n) is 7.23. The summed E-state index contributed by atoms with van der Waals surface area (Å²) in [6.07, 6.45) is 0. The molecule has 10 heteroatoms. The summed E-state index contributed by atoms with van der Waals surface area (Å²) in [6.45, 7) is 2.55. The van der Waals surface area contributed by atoms with Gasteiger partial charge in [0.1, 0.15) is 10.8 Å². The molecule has 1 aromatic heterocycles. The van der Waals surface area contributed by atoms with Gasteiger partial charge in [0.25, 0.3) is 5.91 Å². The van der Waals surface area contributed by atoms with Crippen LogP contribution < -0.4 is 10.1 Å². The van der Waals surface area contributed by atoms with Crippen LogP contribution in [-0.2, 0) is 9.59 Å². The SMILES string of the molecule is O=C(CN1CCN(C(=O)COc2ccc(Cl)cc2)CC1)Nc1nnc(-c2ccccc2)s1. The van der Waals surface area contributed by atoms with Crippen molar-refractivity contribution >= 4 is 39.9 Å². The first-order valence-corrected chi connectivity index (χ1v) is 11.3. The molecule has 1 aliphatic rings. The van der Waals surface area contributed by atoms with Crippen molar-refractivity contribution in [1.82, 2.24) is 20.0 Å². The lowest BCUT2D eigenvalue weighted by molar-refractivity contribution is -0.135. The van der Waals surface area contributed by atoms with Crippen molar-refractivity contribution in [2.75, 3.05) is 44.6 Å². The molecule has 0 unspecified atom stereocenters. The van der Waals surface area contributed by atoms with Crippen LogP contribution in [0.1, 0.15) is 0 Å². The van der Waals surface area contributed by atoms with E-state index in [0.717, 1.165) is 10.6 Å². The Labute approximate surface area is 194 Å². The monoisotopic (exact) mass is 471 g/mol. The van der Waals surface area contributed by atoms with Crippen LogP contribution in [0.2, 0.25) is 5.02 Å². The van der Waals surface area contributed by atoms with Gasteiger partial charge in [-0.2, -0.15) is 0 Å². The maximum Gasteiger partial charge on any atom is 0.260 e. The minimum atomic E-state index is -0.147. The molecule has 0 bridgehead atoms. The van der Waals surface area contributed by atoms with Crippen molar-refractivity contribution in [3.63, 3.8) is 0 Å². The van der Waals surface area contributed by atoms with Crippen LogP contribution in [0.5, 0.6) is 5.75 Å². The van der Waals surface area contributed by atoms with Gasteiger partial charge in [0, 0.05) is 36.8 Å². The summed E-state index contributed by atoms with van der Waals surface area (Å²) in [5.41, 5.74) is 0.964. The van der Waals surface area contributed by atoms with Gasteiger partial charge in [0.2, 0.25) is 11.0 Å². The van der Waals surface area contributed by atoms with Gasteiger partial charge in [0.05, 0.1) is 6.54 Å². The zero-order valence-electron chi connectivity index (χ0n) is 17.2. The number of piperazine rings is 1. The molecule has 0 spiro atoms. The van der Waals surface area contributed by atoms with Crippen LogP contribution in [0, 0.1) is 0 Å². The van der Waals surface area contributed by atoms with Crippen LogP contribution in [0.4, 0.5) is 5.13 Å². The Morgan fingerprint density at radius 1 is 1.00 bits per heavy atom. The van der Waals surface area contributed by atoms with Crippen molar-refractivity contribution in [2.45, 2.75) is 0 Å². The maximum atomic E-state index is 12.4. The number of hydrogen-bond donors (Lipinski definition) is 1. The quantitative estimate of drug-likeness (QED) is 0.570. The summed E-state index contributed by atoms with van der Waals surface area (Å²) in [5, 5.41) is 12.9. The van der Waals surface area contributed by atoms with Crippen molar-refractivity contribution in [3.8, 4) is 16.3 Å². The lowest BCUT2D eigenvalue weighted by Gasteiger charge is -2.34. The Morgan fingerprint density at radius 3 is 2.44 bits per heavy atom. The summed E-state index contributed by atoms with van der Waals surface area (Å²) in [7, 11) is 0. The zero-order valence-corrected chi connectivity index (χ0v) is 18.8. The van der Waals surface area contributed by atoms with E-state index in [2.05, 4.69) is 15.5 Å². The Morgan fingerprint density at radius 2 is 1.72 bits per heavy atom. The number of rotatable bonds is 7. The van der Waals surface area contributed by atoms with E-state index < -0.39 is 0 Å². The average Bonchev–Trinajstić information content (AvgIpc) is 3.28. The first kappa shape index (κ1) is 22.2. The highest BCUT2D eigenvalue weighted by Gasteiger charge is 2.23. The third-order valence-corrected chi connectivity index (χ3v) is 6.10. The van der Waals surface area contributed by atoms with Gasteiger partial charge in [-0.15, -0.1) is 10.2 Å². The van der Waals surface area contributed by atoms with E-state index in [9.17, 15) is 9.59 Å². The standard InChI is InChI=1S/C22H22ClN5O3S/c23-17-6-8-18(9-7-17)31-15-20(30)28-12-10-27(11-13-28)14-19(29)24-22-26-25-21(32-22)16-4-2-1-3-5-16/h1-9H,10-15H2,(H,24,26,29). The molecule has 166 valence electrons. The zero-order chi connectivity index (χ0) is 22.3. The number of hydrogen-bond acceptors (Lipinski definition) is 7. The molecule has 0 atom stereocenters. The van der Waals surface area contributed by atoms with E-state index in [1.165, 1.54) is 11.3 Å². The largest absolute Gasteiger partial charge is 0.484 e. The fraction of sp³-hybridized carbons (Fsp3) is 0.273. The number of carbonyl (C=O) groups is 2. The van der Waals surface area contributed by atoms with E-state index in [1.54, 1.807) is 29.2 Å². The lowest BCUT2D eigenvalue weighted by atomic mass is 10.2. The van der Waals surface area contributed by atoms with Crippen LogP contribution in [-0.4, -0.2) is 71.1 Å². The molecule has 0 saturated carbocycles. The molecule has 8 nitrogen and oxygen atoms in total. The van der Waals surface area contributed by atoms with E-state index in [1.807, 2.05) is 35.2 Å². The van der Waals surface area contributed by atoms with Gasteiger partial charge >= 0.3 is 0 Å². The summed E-state index contributed by atoms with van der Waals surface area (Å²) in [6, 6.07) is 16.6. The van der Waals surface area contributed by atoms with Gasteiger partial charge in [0.15, 0.2) is 6.61 Å². The lowest BCUT2D eigenvalue weighted by Crippen LogP contribution is -2.51. The van der Waals surface area contributed by atoms with Gasteiger partial charge < -0.3 is 9.64 Å². The fourth-order valence-corrected chi connectivity index (χ4v) is 4.15. The first-order valence-electron chi connectivity index (χ1n) is 10.1. The van der Waals surface area contributed by atoms with Gasteiger partial charge in [-0.05, 0) is 24.3 Å². The highest BCUT2D eigenvalue weighted by molar-refractivity contribution is 7.18. The predicted octanol–water partition coefficient (Wildman–Crippen LogP) is 3.02. The summed E-state index contributed by atoms with van der Waals surface area (Å²) in [4.78, 5) is 28.6. The van der Waals surface area contributed by atoms with Gasteiger partial charge in [-0.25, -0.2) is 0 Å². The number of nitrogens with one attached hydrogen (secondary N) is 1. The van der Waals surface area contributed by atoms with Gasteiger partial charge in [-0.3, -0.25) is 19.8 Å². The molecule has 3 aromatic rings. The summed E-state index contributed by atoms with van der Waals surface area (Å²) in [5.74, 6) is 0.378. The predicted molar refractivity (Wildman–Crippen MR) is 124 cm³/mol. The van der Waals surface area contributed by atoms with E-state index >= 15 is 0 Å². The number of ether oxygens (including phenoxy) is 1. The average molecular weight is 472 g/mol. The first-order chi connectivity index (χ1) is 15.6. The van der Waals surface area contributed by atoms with E-state index in [4.69, 9.17) is 16.3 Å². The Bertz CT molecular complexity index is 1050. The molecule has 1 aliphatic heterocycles. The van der Waals surface area contributed by atoms with Crippen LogP contribution in [0.25, 0.3) is 10.6 Å². The molecular formula is C22H22ClN5O3S. The minimum Gasteiger partial charge on any atom is -0.484 e. The molecule has 2 heterocycles. The Hall–Kier alpha value is -3.01. The molecule has 2 amide bonds. The molecule has 4 rings (SSSR count). The van der Waals surface area contributed by atoms with Crippen molar-refractivity contribution in [1.29, 1.82) is 0 Å². The highest BCUT2D eigenvalue weighted by atomic mass is 35.5. The van der Waals surface area contributed by atoms with Crippen LogP contribution >= 0.6 is 22.9 Å². The highest BCUT2D eigenvalue weighted by Crippen LogP contribution is 2.25. The molecule has 0 radical (unpaired) electrons. The number of halogens is 1. The van der Waals surface area contributed by atoms with E-state index in [0.29, 0.717) is 42.1 Å². The molecule has 2 aromatic carbocycles. The molecular weight excluding hydrogens is 450 g/mol. The number of anilines is 1. The smallest absolute Gasteiger partial charge is 0.260 e. The maximum absolute atomic E-state index is 12.4. The summed E-state index contributed by atoms with van der Waals surface area (Å²) >= 11 is 7.19. The number of aromatic nitrogens is 2. The molecule has 0 aliphatic carbocycles. The molecule has 1 fully saturated rings. The second-order valence-corrected chi connectivity index (χ2v) is 8.64.